The maximum absolute atomic E-state index is 13.0. The lowest BCUT2D eigenvalue weighted by atomic mass is 9.76. The van der Waals surface area contributed by atoms with Gasteiger partial charge in [-0.15, -0.1) is 0 Å². The number of carbonyl (C=O) groups excluding carboxylic acids is 3. The van der Waals surface area contributed by atoms with Crippen LogP contribution in [0.4, 0.5) is 5.82 Å². The van der Waals surface area contributed by atoms with E-state index >= 15 is 0 Å². The highest BCUT2D eigenvalue weighted by atomic mass is 35.5. The second-order valence-corrected chi connectivity index (χ2v) is 7.50. The summed E-state index contributed by atoms with van der Waals surface area (Å²) in [4.78, 5) is 41.4. The van der Waals surface area contributed by atoms with Gasteiger partial charge in [-0.2, -0.15) is 9.78 Å². The Kier molecular flexibility index (Phi) is 7.22. The number of ether oxygens (including phenoxy) is 2. The van der Waals surface area contributed by atoms with Crippen molar-refractivity contribution < 1.29 is 23.9 Å². The Bertz CT molecular complexity index is 1030. The first-order valence-electron chi connectivity index (χ1n) is 10.1. The summed E-state index contributed by atoms with van der Waals surface area (Å²) in [5.74, 6) is -2.40. The van der Waals surface area contributed by atoms with Crippen LogP contribution in [0.5, 0.6) is 0 Å². The number of esters is 2. The van der Waals surface area contributed by atoms with Crippen molar-refractivity contribution in [2.24, 2.45) is 10.9 Å². The third-order valence-corrected chi connectivity index (χ3v) is 5.31. The summed E-state index contributed by atoms with van der Waals surface area (Å²) >= 11 is 6.51. The topological polar surface area (TPSA) is 99.9 Å². The molecule has 9 heteroatoms. The summed E-state index contributed by atoms with van der Waals surface area (Å²) in [6.45, 7) is 4.73. The molecule has 0 aliphatic carbocycles. The smallest absolute Gasteiger partial charge is 0.315 e. The van der Waals surface area contributed by atoms with Crippen molar-refractivity contribution in [1.29, 1.82) is 0 Å². The van der Waals surface area contributed by atoms with Gasteiger partial charge in [0.05, 0.1) is 12.8 Å². The standard InChI is InChI=1S/C22H24ClN3O5/c1-4-8-17-20(22(29)30-5-2)19(14-9-6-7-10-16(14)23)15-11-24-26(21(15)25-17)18(28)12-31-13(3)27/h6-7,9-11,19-20H,4-5,8,12H2,1-3H3. The predicted molar refractivity (Wildman–Crippen MR) is 115 cm³/mol. The van der Waals surface area contributed by atoms with Crippen molar-refractivity contribution in [2.75, 3.05) is 13.2 Å². The van der Waals surface area contributed by atoms with Gasteiger partial charge in [-0.05, 0) is 25.0 Å². The van der Waals surface area contributed by atoms with Crippen LogP contribution >= 0.6 is 11.6 Å². The second kappa shape index (κ2) is 9.87. The average molecular weight is 446 g/mol. The fraction of sp³-hybridized carbons (Fsp3) is 0.409. The van der Waals surface area contributed by atoms with Crippen LogP contribution in [0.2, 0.25) is 5.02 Å². The molecule has 2 heterocycles. The number of carbonyl (C=O) groups is 3. The molecule has 8 nitrogen and oxygen atoms in total. The highest BCUT2D eigenvalue weighted by Crippen LogP contribution is 2.45. The second-order valence-electron chi connectivity index (χ2n) is 7.09. The van der Waals surface area contributed by atoms with Gasteiger partial charge >= 0.3 is 11.9 Å². The van der Waals surface area contributed by atoms with Crippen LogP contribution in [0.3, 0.4) is 0 Å². The minimum absolute atomic E-state index is 0.233. The number of fused-ring (bicyclic) bond motifs is 1. The largest absolute Gasteiger partial charge is 0.465 e. The molecule has 0 spiro atoms. The number of nitrogens with zero attached hydrogens (tertiary/aromatic N) is 3. The molecule has 1 aromatic carbocycles. The van der Waals surface area contributed by atoms with Crippen molar-refractivity contribution >= 4 is 41.0 Å². The van der Waals surface area contributed by atoms with E-state index in [2.05, 4.69) is 10.1 Å². The number of aliphatic imine (C=N–C) groups is 1. The van der Waals surface area contributed by atoms with Crippen molar-refractivity contribution in [2.45, 2.75) is 39.5 Å². The van der Waals surface area contributed by atoms with Crippen LogP contribution in [-0.2, 0) is 19.1 Å². The molecule has 0 saturated carbocycles. The van der Waals surface area contributed by atoms with E-state index in [4.69, 9.17) is 21.1 Å². The fourth-order valence-electron chi connectivity index (χ4n) is 3.72. The Morgan fingerprint density at radius 3 is 2.52 bits per heavy atom. The first kappa shape index (κ1) is 22.7. The van der Waals surface area contributed by atoms with Crippen LogP contribution in [-0.4, -0.2) is 46.6 Å². The van der Waals surface area contributed by atoms with Gasteiger partial charge in [0.25, 0.3) is 5.91 Å². The van der Waals surface area contributed by atoms with Crippen LogP contribution in [0.15, 0.2) is 35.5 Å². The Morgan fingerprint density at radius 1 is 1.13 bits per heavy atom. The van der Waals surface area contributed by atoms with E-state index in [1.807, 2.05) is 25.1 Å². The molecule has 0 fully saturated rings. The molecule has 31 heavy (non-hydrogen) atoms. The van der Waals surface area contributed by atoms with Crippen LogP contribution in [0, 0.1) is 5.92 Å². The van der Waals surface area contributed by atoms with E-state index in [0.717, 1.165) is 16.7 Å². The lowest BCUT2D eigenvalue weighted by Crippen LogP contribution is -2.35. The number of rotatable bonds is 7. The van der Waals surface area contributed by atoms with Gasteiger partial charge in [0.15, 0.2) is 12.4 Å². The van der Waals surface area contributed by atoms with E-state index in [0.29, 0.717) is 28.5 Å². The first-order chi connectivity index (χ1) is 14.9. The first-order valence-corrected chi connectivity index (χ1v) is 10.5. The van der Waals surface area contributed by atoms with Gasteiger partial charge in [0.2, 0.25) is 0 Å². The van der Waals surface area contributed by atoms with E-state index in [1.54, 1.807) is 13.0 Å². The van der Waals surface area contributed by atoms with Gasteiger partial charge in [-0.1, -0.05) is 43.1 Å². The van der Waals surface area contributed by atoms with Crippen molar-refractivity contribution in [3.63, 3.8) is 0 Å². The van der Waals surface area contributed by atoms with E-state index in [1.165, 1.54) is 13.1 Å². The molecule has 0 bridgehead atoms. The minimum Gasteiger partial charge on any atom is -0.465 e. The zero-order valence-electron chi connectivity index (χ0n) is 17.6. The van der Waals surface area contributed by atoms with Crippen molar-refractivity contribution in [3.05, 3.63) is 46.6 Å². The molecule has 2 atom stereocenters. The lowest BCUT2D eigenvalue weighted by Gasteiger charge is -2.31. The molecule has 164 valence electrons. The Labute approximate surface area is 185 Å². The van der Waals surface area contributed by atoms with Gasteiger partial charge in [0.1, 0.15) is 5.92 Å². The van der Waals surface area contributed by atoms with Crippen LogP contribution < -0.4 is 0 Å². The van der Waals surface area contributed by atoms with Crippen molar-refractivity contribution in [1.82, 2.24) is 9.78 Å². The lowest BCUT2D eigenvalue weighted by molar-refractivity contribution is -0.146. The minimum atomic E-state index is -0.687. The monoisotopic (exact) mass is 445 g/mol. The summed E-state index contributed by atoms with van der Waals surface area (Å²) in [6.07, 6.45) is 2.79. The maximum atomic E-state index is 13.0. The zero-order valence-corrected chi connectivity index (χ0v) is 18.4. The Hall–Kier alpha value is -3.00. The quantitative estimate of drug-likeness (QED) is 0.598. The Balaban J connectivity index is 2.17. The molecule has 1 aromatic heterocycles. The molecule has 2 unspecified atom stereocenters. The van der Waals surface area contributed by atoms with Gasteiger partial charge in [-0.3, -0.25) is 14.4 Å². The summed E-state index contributed by atoms with van der Waals surface area (Å²) in [6, 6.07) is 7.24. The molecule has 2 aromatic rings. The Morgan fingerprint density at radius 2 is 1.87 bits per heavy atom. The molecule has 1 aliphatic heterocycles. The molecule has 1 aliphatic rings. The summed E-state index contributed by atoms with van der Waals surface area (Å²) in [5, 5.41) is 4.68. The summed E-state index contributed by atoms with van der Waals surface area (Å²) < 4.78 is 11.3. The van der Waals surface area contributed by atoms with Crippen LogP contribution in [0.25, 0.3) is 0 Å². The number of hydrogen-bond acceptors (Lipinski definition) is 7. The molecular weight excluding hydrogens is 422 g/mol. The highest BCUT2D eigenvalue weighted by molar-refractivity contribution is 6.31. The summed E-state index contributed by atoms with van der Waals surface area (Å²) in [5.41, 5.74) is 1.90. The fourth-order valence-corrected chi connectivity index (χ4v) is 3.97. The summed E-state index contributed by atoms with van der Waals surface area (Å²) in [7, 11) is 0. The number of aromatic nitrogens is 2. The highest BCUT2D eigenvalue weighted by Gasteiger charge is 2.42. The normalized spacial score (nSPS) is 17.5. The van der Waals surface area contributed by atoms with E-state index in [-0.39, 0.29) is 6.61 Å². The number of hydrogen-bond donors (Lipinski definition) is 0. The SMILES string of the molecule is CCCC1=Nc2c(cnn2C(=O)COC(C)=O)C(c2ccccc2Cl)C1C(=O)OCC. The van der Waals surface area contributed by atoms with Crippen LogP contribution in [0.1, 0.15) is 55.5 Å². The molecule has 0 N–H and O–H groups in total. The van der Waals surface area contributed by atoms with Crippen molar-refractivity contribution in [3.8, 4) is 0 Å². The zero-order chi connectivity index (χ0) is 22.5. The molecule has 3 rings (SSSR count). The molecular formula is C22H24ClN3O5. The third-order valence-electron chi connectivity index (χ3n) is 4.97. The van der Waals surface area contributed by atoms with E-state index in [9.17, 15) is 14.4 Å². The molecule has 0 amide bonds. The molecule has 0 saturated heterocycles. The average Bonchev–Trinajstić information content (AvgIpc) is 3.15. The molecule has 0 radical (unpaired) electrons. The van der Waals surface area contributed by atoms with E-state index < -0.39 is 36.3 Å². The van der Waals surface area contributed by atoms with Gasteiger partial charge < -0.3 is 9.47 Å². The maximum Gasteiger partial charge on any atom is 0.315 e. The van der Waals surface area contributed by atoms with Gasteiger partial charge in [-0.25, -0.2) is 4.99 Å². The van der Waals surface area contributed by atoms with Gasteiger partial charge in [0, 0.05) is 29.1 Å². The predicted octanol–water partition coefficient (Wildman–Crippen LogP) is 3.94. The number of halogens is 1. The number of benzene rings is 1. The third kappa shape index (κ3) is 4.69.